The largest absolute Gasteiger partial charge is 0.368 e. The predicted molar refractivity (Wildman–Crippen MR) is 70.9 cm³/mol. The molecule has 0 unspecified atom stereocenters. The lowest BCUT2D eigenvalue weighted by Crippen LogP contribution is -2.50. The van der Waals surface area contributed by atoms with Gasteiger partial charge in [0.15, 0.2) is 0 Å². The third-order valence-corrected chi connectivity index (χ3v) is 2.62. The molecule has 18 heavy (non-hydrogen) atoms. The number of carbonyl (C=O) groups is 2. The number of benzene rings is 1. The summed E-state index contributed by atoms with van der Waals surface area (Å²) < 4.78 is 0. The van der Waals surface area contributed by atoms with Crippen LogP contribution in [0.25, 0.3) is 0 Å². The van der Waals surface area contributed by atoms with Gasteiger partial charge < -0.3 is 11.1 Å². The Morgan fingerprint density at radius 2 is 1.78 bits per heavy atom. The number of hydrogen-bond donors (Lipinski definition) is 3. The van der Waals surface area contributed by atoms with Crippen LogP contribution in [0.2, 0.25) is 0 Å². The first-order valence-corrected chi connectivity index (χ1v) is 5.73. The second kappa shape index (κ2) is 5.64. The Morgan fingerprint density at radius 3 is 2.22 bits per heavy atom. The molecule has 0 aromatic heterocycles. The van der Waals surface area contributed by atoms with Crippen molar-refractivity contribution in [1.29, 1.82) is 0 Å². The summed E-state index contributed by atoms with van der Waals surface area (Å²) >= 11 is 0. The molecule has 4 N–H and O–H groups in total. The number of primary amides is 1. The van der Waals surface area contributed by atoms with E-state index in [1.807, 2.05) is 24.3 Å². The van der Waals surface area contributed by atoms with E-state index in [-0.39, 0.29) is 5.91 Å². The first-order valence-electron chi connectivity index (χ1n) is 5.73. The van der Waals surface area contributed by atoms with E-state index in [9.17, 15) is 9.59 Å². The van der Waals surface area contributed by atoms with Gasteiger partial charge in [0, 0.05) is 19.2 Å². The fraction of sp³-hybridized carbons (Fsp3) is 0.385. The molecule has 98 valence electrons. The average molecular weight is 249 g/mol. The van der Waals surface area contributed by atoms with E-state index >= 15 is 0 Å². The number of hydrogen-bond acceptors (Lipinski definition) is 3. The summed E-state index contributed by atoms with van der Waals surface area (Å²) in [7, 11) is 0. The highest BCUT2D eigenvalue weighted by atomic mass is 16.2. The quantitative estimate of drug-likeness (QED) is 0.727. The van der Waals surface area contributed by atoms with E-state index < -0.39 is 11.4 Å². The first kappa shape index (κ1) is 14.2. The molecular formula is C13H19N3O2. The zero-order valence-electron chi connectivity index (χ0n) is 10.9. The minimum atomic E-state index is -0.740. The molecule has 0 fully saturated rings. The molecule has 1 rings (SSSR count). The number of nitrogens with one attached hydrogen (secondary N) is 2. The summed E-state index contributed by atoms with van der Waals surface area (Å²) in [6, 6.07) is 7.40. The molecular weight excluding hydrogens is 230 g/mol. The SMILES string of the molecule is CC(=O)Nc1ccc(CNC(C)(C)C(N)=O)cc1. The van der Waals surface area contributed by atoms with Gasteiger partial charge in [-0.2, -0.15) is 0 Å². The van der Waals surface area contributed by atoms with Gasteiger partial charge >= 0.3 is 0 Å². The Balaban J connectivity index is 2.59. The Labute approximate surface area is 107 Å². The van der Waals surface area contributed by atoms with Crippen molar-refractivity contribution in [3.63, 3.8) is 0 Å². The van der Waals surface area contributed by atoms with Gasteiger partial charge in [0.2, 0.25) is 11.8 Å². The van der Waals surface area contributed by atoms with E-state index in [1.165, 1.54) is 6.92 Å². The normalized spacial score (nSPS) is 11.1. The Bertz CT molecular complexity index is 438. The Morgan fingerprint density at radius 1 is 1.22 bits per heavy atom. The number of nitrogens with two attached hydrogens (primary N) is 1. The summed E-state index contributed by atoms with van der Waals surface area (Å²) in [5.74, 6) is -0.492. The predicted octanol–water partition coefficient (Wildman–Crippen LogP) is 0.998. The van der Waals surface area contributed by atoms with E-state index in [0.29, 0.717) is 6.54 Å². The van der Waals surface area contributed by atoms with Crippen LogP contribution in [0.1, 0.15) is 26.3 Å². The number of rotatable bonds is 5. The van der Waals surface area contributed by atoms with Crippen LogP contribution in [-0.2, 0) is 16.1 Å². The maximum atomic E-state index is 11.1. The maximum absolute atomic E-state index is 11.1. The average Bonchev–Trinajstić information content (AvgIpc) is 2.27. The summed E-state index contributed by atoms with van der Waals surface area (Å²) in [4.78, 5) is 22.0. The smallest absolute Gasteiger partial charge is 0.237 e. The van der Waals surface area contributed by atoms with Gasteiger partial charge in [-0.05, 0) is 31.5 Å². The summed E-state index contributed by atoms with van der Waals surface area (Å²) in [5.41, 5.74) is 6.29. The highest BCUT2D eigenvalue weighted by Gasteiger charge is 2.23. The summed E-state index contributed by atoms with van der Waals surface area (Å²) in [5, 5.41) is 5.76. The lowest BCUT2D eigenvalue weighted by molar-refractivity contribution is -0.123. The number of amides is 2. The van der Waals surface area contributed by atoms with Crippen molar-refractivity contribution >= 4 is 17.5 Å². The van der Waals surface area contributed by atoms with Crippen LogP contribution in [0.5, 0.6) is 0 Å². The molecule has 0 aliphatic carbocycles. The number of carbonyl (C=O) groups excluding carboxylic acids is 2. The van der Waals surface area contributed by atoms with E-state index in [4.69, 9.17) is 5.73 Å². The van der Waals surface area contributed by atoms with Crippen molar-refractivity contribution in [3.8, 4) is 0 Å². The molecule has 0 saturated heterocycles. The molecule has 1 aromatic rings. The van der Waals surface area contributed by atoms with Crippen molar-refractivity contribution in [1.82, 2.24) is 5.32 Å². The molecule has 0 spiro atoms. The Kier molecular flexibility index (Phi) is 4.44. The lowest BCUT2D eigenvalue weighted by Gasteiger charge is -2.22. The summed E-state index contributed by atoms with van der Waals surface area (Å²) in [6.45, 7) is 5.48. The third kappa shape index (κ3) is 4.18. The first-order chi connectivity index (χ1) is 8.31. The van der Waals surface area contributed by atoms with E-state index in [1.54, 1.807) is 13.8 Å². The lowest BCUT2D eigenvalue weighted by atomic mass is 10.0. The molecule has 0 heterocycles. The van der Waals surface area contributed by atoms with Crippen molar-refractivity contribution in [3.05, 3.63) is 29.8 Å². The van der Waals surface area contributed by atoms with Gasteiger partial charge in [-0.15, -0.1) is 0 Å². The van der Waals surface area contributed by atoms with Crippen LogP contribution in [-0.4, -0.2) is 17.4 Å². The molecule has 0 atom stereocenters. The zero-order valence-corrected chi connectivity index (χ0v) is 10.9. The fourth-order valence-corrected chi connectivity index (χ4v) is 1.32. The van der Waals surface area contributed by atoms with Crippen LogP contribution in [0.3, 0.4) is 0 Å². The van der Waals surface area contributed by atoms with Gasteiger partial charge in [-0.1, -0.05) is 12.1 Å². The van der Waals surface area contributed by atoms with Crippen LogP contribution in [0.4, 0.5) is 5.69 Å². The van der Waals surface area contributed by atoms with Crippen molar-refractivity contribution in [2.45, 2.75) is 32.9 Å². The minimum Gasteiger partial charge on any atom is -0.368 e. The van der Waals surface area contributed by atoms with Crippen molar-refractivity contribution in [2.75, 3.05) is 5.32 Å². The highest BCUT2D eigenvalue weighted by molar-refractivity contribution is 5.88. The second-order valence-corrected chi connectivity index (χ2v) is 4.72. The second-order valence-electron chi connectivity index (χ2n) is 4.72. The minimum absolute atomic E-state index is 0.101. The molecule has 0 aliphatic heterocycles. The fourth-order valence-electron chi connectivity index (χ4n) is 1.32. The van der Waals surface area contributed by atoms with Crippen LogP contribution >= 0.6 is 0 Å². The Hall–Kier alpha value is -1.88. The zero-order chi connectivity index (χ0) is 13.8. The van der Waals surface area contributed by atoms with Crippen LogP contribution in [0.15, 0.2) is 24.3 Å². The molecule has 5 nitrogen and oxygen atoms in total. The van der Waals surface area contributed by atoms with Gasteiger partial charge in [0.25, 0.3) is 0 Å². The molecule has 2 amide bonds. The maximum Gasteiger partial charge on any atom is 0.237 e. The molecule has 0 aliphatic rings. The van der Waals surface area contributed by atoms with Gasteiger partial charge in [-0.25, -0.2) is 0 Å². The monoisotopic (exact) mass is 249 g/mol. The van der Waals surface area contributed by atoms with Crippen LogP contribution < -0.4 is 16.4 Å². The van der Waals surface area contributed by atoms with E-state index in [2.05, 4.69) is 10.6 Å². The van der Waals surface area contributed by atoms with Crippen molar-refractivity contribution in [2.24, 2.45) is 5.73 Å². The molecule has 0 bridgehead atoms. The third-order valence-electron chi connectivity index (χ3n) is 2.62. The van der Waals surface area contributed by atoms with Gasteiger partial charge in [0.05, 0.1) is 5.54 Å². The highest BCUT2D eigenvalue weighted by Crippen LogP contribution is 2.10. The molecule has 5 heteroatoms. The van der Waals surface area contributed by atoms with Crippen LogP contribution in [0, 0.1) is 0 Å². The topological polar surface area (TPSA) is 84.2 Å². The van der Waals surface area contributed by atoms with Gasteiger partial charge in [0.1, 0.15) is 0 Å². The molecule has 1 aromatic carbocycles. The molecule has 0 radical (unpaired) electrons. The van der Waals surface area contributed by atoms with Crippen molar-refractivity contribution < 1.29 is 9.59 Å². The standard InChI is InChI=1S/C13H19N3O2/c1-9(17)16-11-6-4-10(5-7-11)8-15-13(2,3)12(14)18/h4-7,15H,8H2,1-3H3,(H2,14,18)(H,16,17). The molecule has 0 saturated carbocycles. The number of anilines is 1. The van der Waals surface area contributed by atoms with E-state index in [0.717, 1.165) is 11.3 Å². The summed E-state index contributed by atoms with van der Waals surface area (Å²) in [6.07, 6.45) is 0. The van der Waals surface area contributed by atoms with Gasteiger partial charge in [-0.3, -0.25) is 14.9 Å².